The Morgan fingerprint density at radius 2 is 1.91 bits per heavy atom. The molecule has 1 aliphatic heterocycles. The van der Waals surface area contributed by atoms with Crippen molar-refractivity contribution in [1.82, 2.24) is 19.8 Å². The molecule has 2 atom stereocenters. The minimum atomic E-state index is -4.43. The Hall–Kier alpha value is -2.46. The van der Waals surface area contributed by atoms with Crippen molar-refractivity contribution in [1.29, 1.82) is 0 Å². The molecule has 1 aromatic rings. The third kappa shape index (κ3) is 8.39. The fourth-order valence-corrected chi connectivity index (χ4v) is 4.48. The van der Waals surface area contributed by atoms with Gasteiger partial charge in [0.05, 0.1) is 25.2 Å². The lowest BCUT2D eigenvalue weighted by molar-refractivity contribution is -0.138. The van der Waals surface area contributed by atoms with Crippen molar-refractivity contribution < 1.29 is 31.5 Å². The van der Waals surface area contributed by atoms with Gasteiger partial charge in [-0.1, -0.05) is 24.1 Å². The van der Waals surface area contributed by atoms with E-state index >= 15 is 0 Å². The van der Waals surface area contributed by atoms with E-state index in [0.717, 1.165) is 10.4 Å². The summed E-state index contributed by atoms with van der Waals surface area (Å²) >= 11 is -2.40. The predicted molar refractivity (Wildman–Crippen MR) is 121 cm³/mol. The first-order chi connectivity index (χ1) is 16.0. The quantitative estimate of drug-likeness (QED) is 0.335. The number of amides is 2. The number of nitrogens with zero attached hydrogens (tertiary/aromatic N) is 2. The molecule has 34 heavy (non-hydrogen) atoms. The zero-order valence-electron chi connectivity index (χ0n) is 18.8. The van der Waals surface area contributed by atoms with Crippen molar-refractivity contribution in [2.24, 2.45) is 5.92 Å². The Morgan fingerprint density at radius 1 is 1.26 bits per heavy atom. The smallest absolute Gasteiger partial charge is 0.346 e. The van der Waals surface area contributed by atoms with Crippen LogP contribution in [-0.4, -0.2) is 69.0 Å². The Labute approximate surface area is 199 Å². The normalized spacial score (nSPS) is 17.1. The second kappa shape index (κ2) is 12.9. The third-order valence-electron chi connectivity index (χ3n) is 5.75. The molecule has 0 radical (unpaired) electrons. The number of hydrogen-bond donors (Lipinski definition) is 3. The summed E-state index contributed by atoms with van der Waals surface area (Å²) in [5, 5.41) is 4.75. The van der Waals surface area contributed by atoms with Crippen LogP contribution < -0.4 is 10.6 Å². The number of rotatable bonds is 10. The topological polar surface area (TPSA) is 102 Å². The van der Waals surface area contributed by atoms with Gasteiger partial charge in [0.1, 0.15) is 0 Å². The summed E-state index contributed by atoms with van der Waals surface area (Å²) in [4.78, 5) is 25.5. The van der Waals surface area contributed by atoms with Crippen LogP contribution in [0.2, 0.25) is 0 Å². The van der Waals surface area contributed by atoms with Gasteiger partial charge in [0.25, 0.3) is 0 Å². The minimum absolute atomic E-state index is 0.0101. The van der Waals surface area contributed by atoms with Crippen LogP contribution >= 0.6 is 0 Å². The molecule has 0 bridgehead atoms. The van der Waals surface area contributed by atoms with E-state index in [2.05, 4.69) is 16.6 Å². The molecule has 12 heteroatoms. The van der Waals surface area contributed by atoms with Gasteiger partial charge in [-0.05, 0) is 50.4 Å². The van der Waals surface area contributed by atoms with Crippen LogP contribution in [0.25, 0.3) is 0 Å². The van der Waals surface area contributed by atoms with Crippen LogP contribution in [-0.2, 0) is 27.0 Å². The van der Waals surface area contributed by atoms with Crippen molar-refractivity contribution in [2.75, 3.05) is 39.3 Å². The summed E-state index contributed by atoms with van der Waals surface area (Å²) in [6.45, 7) is 2.30. The summed E-state index contributed by atoms with van der Waals surface area (Å²) in [7, 11) is 0. The molecule has 1 heterocycles. The molecule has 188 valence electrons. The molecule has 1 fully saturated rings. The average Bonchev–Trinajstić information content (AvgIpc) is 2.80. The molecule has 0 saturated carbocycles. The van der Waals surface area contributed by atoms with Crippen molar-refractivity contribution in [3.05, 3.63) is 35.4 Å². The molecular formula is C22H29F3N4O4S. The predicted octanol–water partition coefficient (Wildman–Crippen LogP) is 1.78. The number of hydrogen-bond acceptors (Lipinski definition) is 4. The van der Waals surface area contributed by atoms with Gasteiger partial charge < -0.3 is 10.6 Å². The highest BCUT2D eigenvalue weighted by molar-refractivity contribution is 7.76. The number of piperidine rings is 1. The Morgan fingerprint density at radius 3 is 2.50 bits per heavy atom. The highest BCUT2D eigenvalue weighted by atomic mass is 32.2. The first-order valence-corrected chi connectivity index (χ1v) is 11.8. The van der Waals surface area contributed by atoms with Crippen molar-refractivity contribution in [2.45, 2.75) is 32.0 Å². The van der Waals surface area contributed by atoms with E-state index in [1.165, 1.54) is 12.1 Å². The number of halogens is 3. The molecule has 1 saturated heterocycles. The van der Waals surface area contributed by atoms with Gasteiger partial charge in [0, 0.05) is 12.6 Å². The summed E-state index contributed by atoms with van der Waals surface area (Å²) in [6, 6.07) is 5.09. The van der Waals surface area contributed by atoms with Gasteiger partial charge in [-0.2, -0.15) is 17.5 Å². The number of carbonyl (C=O) groups excluding carboxylic acids is 2. The van der Waals surface area contributed by atoms with Crippen molar-refractivity contribution in [3.8, 4) is 12.3 Å². The molecule has 1 aliphatic rings. The number of terminal acetylenes is 1. The second-order valence-corrected chi connectivity index (χ2v) is 9.03. The Balaban J connectivity index is 1.88. The van der Waals surface area contributed by atoms with Gasteiger partial charge in [-0.25, -0.2) is 4.21 Å². The molecule has 2 rings (SSSR count). The van der Waals surface area contributed by atoms with E-state index in [4.69, 9.17) is 6.42 Å². The number of alkyl halides is 3. The fraction of sp³-hybridized carbons (Fsp3) is 0.545. The lowest BCUT2D eigenvalue weighted by Crippen LogP contribution is -2.45. The maximum absolute atomic E-state index is 13.4. The minimum Gasteiger partial charge on any atom is -0.346 e. The molecule has 0 aliphatic carbocycles. The summed E-state index contributed by atoms with van der Waals surface area (Å²) in [5.74, 6) is 1.15. The van der Waals surface area contributed by atoms with E-state index in [1.54, 1.807) is 13.0 Å². The molecule has 1 aromatic carbocycles. The van der Waals surface area contributed by atoms with Gasteiger partial charge in [-0.3, -0.25) is 19.0 Å². The summed E-state index contributed by atoms with van der Waals surface area (Å²) in [5.41, 5.74) is -0.431. The van der Waals surface area contributed by atoms with Crippen molar-refractivity contribution in [3.63, 3.8) is 0 Å². The first-order valence-electron chi connectivity index (χ1n) is 10.8. The zero-order chi connectivity index (χ0) is 25.3. The SMILES string of the molecule is C#CCNC(=O)CNC(=O)CN(CC1CCN(C(C)c2ccccc2C(F)(F)F)CC1)S(=O)O. The molecule has 0 spiro atoms. The third-order valence-corrected chi connectivity index (χ3v) is 6.47. The molecule has 8 nitrogen and oxygen atoms in total. The lowest BCUT2D eigenvalue weighted by atomic mass is 9.93. The van der Waals surface area contributed by atoms with Crippen LogP contribution in [0.5, 0.6) is 0 Å². The molecule has 0 aromatic heterocycles. The monoisotopic (exact) mass is 502 g/mol. The van der Waals surface area contributed by atoms with Crippen LogP contribution in [0.3, 0.4) is 0 Å². The van der Waals surface area contributed by atoms with Gasteiger partial charge in [-0.15, -0.1) is 6.42 Å². The van der Waals surface area contributed by atoms with E-state index in [9.17, 15) is 31.5 Å². The first kappa shape index (κ1) is 27.8. The van der Waals surface area contributed by atoms with E-state index < -0.39 is 40.9 Å². The molecular weight excluding hydrogens is 473 g/mol. The van der Waals surface area contributed by atoms with Crippen LogP contribution in [0.4, 0.5) is 13.2 Å². The lowest BCUT2D eigenvalue weighted by Gasteiger charge is -2.38. The zero-order valence-corrected chi connectivity index (χ0v) is 19.6. The highest BCUT2D eigenvalue weighted by Gasteiger charge is 2.36. The van der Waals surface area contributed by atoms with Crippen LogP contribution in [0.15, 0.2) is 24.3 Å². The van der Waals surface area contributed by atoms with E-state index in [0.29, 0.717) is 25.9 Å². The number of benzene rings is 1. The molecule has 3 N–H and O–H groups in total. The summed E-state index contributed by atoms with van der Waals surface area (Å²) in [6.07, 6.45) is 1.80. The number of likely N-dealkylation sites (tertiary alicyclic amines) is 1. The molecule has 2 unspecified atom stereocenters. The Kier molecular flexibility index (Phi) is 10.5. The number of carbonyl (C=O) groups is 2. The largest absolute Gasteiger partial charge is 0.416 e. The maximum atomic E-state index is 13.4. The van der Waals surface area contributed by atoms with E-state index in [1.807, 2.05) is 4.90 Å². The summed E-state index contributed by atoms with van der Waals surface area (Å²) < 4.78 is 62.5. The van der Waals surface area contributed by atoms with Gasteiger partial charge in [0.2, 0.25) is 23.1 Å². The second-order valence-electron chi connectivity index (χ2n) is 8.05. The van der Waals surface area contributed by atoms with E-state index in [-0.39, 0.29) is 37.7 Å². The molecule has 2 amide bonds. The number of nitrogens with one attached hydrogen (secondary N) is 2. The maximum Gasteiger partial charge on any atom is 0.416 e. The van der Waals surface area contributed by atoms with Crippen LogP contribution in [0, 0.1) is 18.3 Å². The standard InChI is InChI=1S/C22H29F3N4O4S/c1-3-10-26-20(30)13-27-21(31)15-29(34(32)33)14-17-8-11-28(12-9-17)16(2)18-6-4-5-7-19(18)22(23,24)25/h1,4-7,16-17H,8-15H2,2H3,(H,26,30)(H,27,31)(H,32,33). The van der Waals surface area contributed by atoms with Gasteiger partial charge in [0.15, 0.2) is 0 Å². The average molecular weight is 503 g/mol. The fourth-order valence-electron chi connectivity index (χ4n) is 3.92. The van der Waals surface area contributed by atoms with Crippen molar-refractivity contribution >= 4 is 23.1 Å². The highest BCUT2D eigenvalue weighted by Crippen LogP contribution is 2.37. The van der Waals surface area contributed by atoms with Crippen LogP contribution in [0.1, 0.15) is 36.9 Å². The van der Waals surface area contributed by atoms with Gasteiger partial charge >= 0.3 is 6.18 Å². The Bertz CT molecular complexity index is 914.